The van der Waals surface area contributed by atoms with E-state index in [0.717, 1.165) is 24.6 Å². The minimum atomic E-state index is 0.580. The Labute approximate surface area is 77.3 Å². The lowest BCUT2D eigenvalue weighted by Crippen LogP contribution is -2.14. The summed E-state index contributed by atoms with van der Waals surface area (Å²) >= 11 is 0. The first-order chi connectivity index (χ1) is 6.36. The third kappa shape index (κ3) is 2.31. The van der Waals surface area contributed by atoms with Gasteiger partial charge in [0, 0.05) is 31.3 Å². The smallest absolute Gasteiger partial charge is 0.107 e. The Balaban J connectivity index is 1.76. The maximum Gasteiger partial charge on any atom is 0.107 e. The number of nitrogens with two attached hydrogens (primary N) is 1. The quantitative estimate of drug-likeness (QED) is 0.527. The van der Waals surface area contributed by atoms with Crippen molar-refractivity contribution in [3.05, 3.63) is 18.2 Å². The van der Waals surface area contributed by atoms with Crippen LogP contribution in [0.5, 0.6) is 0 Å². The van der Waals surface area contributed by atoms with E-state index in [-0.39, 0.29) is 0 Å². The van der Waals surface area contributed by atoms with Crippen molar-refractivity contribution in [3.8, 4) is 0 Å². The highest BCUT2D eigenvalue weighted by molar-refractivity contribution is 5.84. The van der Waals surface area contributed by atoms with Crippen molar-refractivity contribution in [3.63, 3.8) is 0 Å². The van der Waals surface area contributed by atoms with Gasteiger partial charge in [-0.15, -0.1) is 0 Å². The van der Waals surface area contributed by atoms with Crippen molar-refractivity contribution in [1.82, 2.24) is 9.97 Å². The van der Waals surface area contributed by atoms with Crippen LogP contribution in [0, 0.1) is 5.92 Å². The Bertz CT molecular complexity index is 285. The van der Waals surface area contributed by atoms with Gasteiger partial charge in [-0.25, -0.2) is 4.98 Å². The number of aromatic nitrogens is 2. The summed E-state index contributed by atoms with van der Waals surface area (Å²) in [7, 11) is 0. The average molecular weight is 178 g/mol. The standard InChI is InChI=1S/C9H14N4/c10-9(7-1-2-7)13-4-3-8-11-5-6-12-8/h5-7H,1-4H2,(H2,10,13)(H,11,12). The molecule has 1 aliphatic rings. The number of rotatable bonds is 4. The number of imidazole rings is 1. The normalized spacial score (nSPS) is 17.7. The predicted octanol–water partition coefficient (Wildman–Crippen LogP) is 0.719. The molecule has 1 heterocycles. The second-order valence-electron chi connectivity index (χ2n) is 3.37. The fourth-order valence-corrected chi connectivity index (χ4v) is 1.23. The van der Waals surface area contributed by atoms with Crippen LogP contribution >= 0.6 is 0 Å². The van der Waals surface area contributed by atoms with E-state index in [4.69, 9.17) is 5.73 Å². The van der Waals surface area contributed by atoms with Crippen LogP contribution < -0.4 is 5.73 Å². The van der Waals surface area contributed by atoms with Crippen molar-refractivity contribution in [2.45, 2.75) is 19.3 Å². The van der Waals surface area contributed by atoms with Gasteiger partial charge in [-0.3, -0.25) is 4.99 Å². The van der Waals surface area contributed by atoms with E-state index in [1.165, 1.54) is 12.8 Å². The van der Waals surface area contributed by atoms with E-state index in [1.54, 1.807) is 6.20 Å². The second kappa shape index (κ2) is 3.60. The highest BCUT2D eigenvalue weighted by atomic mass is 14.9. The van der Waals surface area contributed by atoms with Crippen molar-refractivity contribution < 1.29 is 0 Å². The van der Waals surface area contributed by atoms with Crippen LogP contribution in [0.25, 0.3) is 0 Å². The molecule has 1 saturated carbocycles. The molecule has 0 bridgehead atoms. The van der Waals surface area contributed by atoms with Crippen LogP contribution in [0.4, 0.5) is 0 Å². The van der Waals surface area contributed by atoms with E-state index in [1.807, 2.05) is 6.20 Å². The number of hydrogen-bond acceptors (Lipinski definition) is 2. The van der Waals surface area contributed by atoms with Crippen LogP contribution in [0.1, 0.15) is 18.7 Å². The molecule has 3 N–H and O–H groups in total. The van der Waals surface area contributed by atoms with Gasteiger partial charge in [0.2, 0.25) is 0 Å². The van der Waals surface area contributed by atoms with Gasteiger partial charge in [-0.2, -0.15) is 0 Å². The molecule has 0 aromatic carbocycles. The summed E-state index contributed by atoms with van der Waals surface area (Å²) in [4.78, 5) is 11.4. The number of nitrogens with one attached hydrogen (secondary N) is 1. The van der Waals surface area contributed by atoms with Crippen molar-refractivity contribution in [2.24, 2.45) is 16.6 Å². The first kappa shape index (κ1) is 8.29. The van der Waals surface area contributed by atoms with Gasteiger partial charge in [0.25, 0.3) is 0 Å². The first-order valence-electron chi connectivity index (χ1n) is 4.64. The zero-order valence-electron chi connectivity index (χ0n) is 7.53. The molecule has 4 heteroatoms. The molecule has 0 atom stereocenters. The molecule has 2 rings (SSSR count). The number of nitrogens with zero attached hydrogens (tertiary/aromatic N) is 2. The highest BCUT2D eigenvalue weighted by Crippen LogP contribution is 2.28. The molecule has 4 nitrogen and oxygen atoms in total. The molecule has 1 aromatic rings. The van der Waals surface area contributed by atoms with Gasteiger partial charge in [0.1, 0.15) is 5.82 Å². The van der Waals surface area contributed by atoms with E-state index in [9.17, 15) is 0 Å². The summed E-state index contributed by atoms with van der Waals surface area (Å²) in [5.74, 6) is 2.38. The molecule has 0 amide bonds. The molecule has 0 radical (unpaired) electrons. The summed E-state index contributed by atoms with van der Waals surface area (Å²) < 4.78 is 0. The zero-order chi connectivity index (χ0) is 9.10. The zero-order valence-corrected chi connectivity index (χ0v) is 7.53. The molecule has 0 spiro atoms. The third-order valence-electron chi connectivity index (χ3n) is 2.19. The van der Waals surface area contributed by atoms with Gasteiger partial charge in [-0.05, 0) is 12.8 Å². The van der Waals surface area contributed by atoms with Crippen LogP contribution in [0.2, 0.25) is 0 Å². The van der Waals surface area contributed by atoms with Gasteiger partial charge >= 0.3 is 0 Å². The molecule has 0 saturated heterocycles. The largest absolute Gasteiger partial charge is 0.387 e. The Hall–Kier alpha value is -1.32. The Morgan fingerprint density at radius 2 is 2.54 bits per heavy atom. The molecule has 70 valence electrons. The molecule has 1 fully saturated rings. The molecule has 1 aromatic heterocycles. The summed E-state index contributed by atoms with van der Waals surface area (Å²) in [5.41, 5.74) is 5.74. The minimum Gasteiger partial charge on any atom is -0.387 e. The van der Waals surface area contributed by atoms with Gasteiger partial charge in [0.05, 0.1) is 5.84 Å². The maximum atomic E-state index is 5.74. The van der Waals surface area contributed by atoms with Gasteiger partial charge in [-0.1, -0.05) is 0 Å². The number of aromatic amines is 1. The number of aliphatic imine (C=N–C) groups is 1. The van der Waals surface area contributed by atoms with Crippen LogP contribution in [0.15, 0.2) is 17.4 Å². The molecule has 13 heavy (non-hydrogen) atoms. The lowest BCUT2D eigenvalue weighted by Gasteiger charge is -1.96. The fourth-order valence-electron chi connectivity index (χ4n) is 1.23. The van der Waals surface area contributed by atoms with E-state index in [2.05, 4.69) is 15.0 Å². The molecular formula is C9H14N4. The van der Waals surface area contributed by atoms with Crippen molar-refractivity contribution >= 4 is 5.84 Å². The van der Waals surface area contributed by atoms with Crippen molar-refractivity contribution in [2.75, 3.05) is 6.54 Å². The molecule has 1 aliphatic carbocycles. The lowest BCUT2D eigenvalue weighted by molar-refractivity contribution is 0.885. The number of H-pyrrole nitrogens is 1. The molecule has 0 unspecified atom stereocenters. The van der Waals surface area contributed by atoms with Gasteiger partial charge < -0.3 is 10.7 Å². The summed E-state index contributed by atoms with van der Waals surface area (Å²) in [6, 6.07) is 0. The van der Waals surface area contributed by atoms with E-state index < -0.39 is 0 Å². The van der Waals surface area contributed by atoms with Crippen LogP contribution in [-0.2, 0) is 6.42 Å². The second-order valence-corrected chi connectivity index (χ2v) is 3.37. The summed E-state index contributed by atoms with van der Waals surface area (Å²) in [6.45, 7) is 0.746. The Morgan fingerprint density at radius 3 is 3.15 bits per heavy atom. The highest BCUT2D eigenvalue weighted by Gasteiger charge is 2.24. The number of hydrogen-bond donors (Lipinski definition) is 2. The maximum absolute atomic E-state index is 5.74. The van der Waals surface area contributed by atoms with Crippen LogP contribution in [0.3, 0.4) is 0 Å². The summed E-state index contributed by atoms with van der Waals surface area (Å²) in [6.07, 6.45) is 6.86. The fraction of sp³-hybridized carbons (Fsp3) is 0.556. The average Bonchev–Trinajstić information content (AvgIpc) is 2.86. The topological polar surface area (TPSA) is 67.1 Å². The Kier molecular flexibility index (Phi) is 2.29. The van der Waals surface area contributed by atoms with Gasteiger partial charge in [0.15, 0.2) is 0 Å². The summed E-state index contributed by atoms with van der Waals surface area (Å²) in [5, 5.41) is 0. The minimum absolute atomic E-state index is 0.580. The monoisotopic (exact) mass is 178 g/mol. The lowest BCUT2D eigenvalue weighted by atomic mass is 10.4. The first-order valence-corrected chi connectivity index (χ1v) is 4.64. The molecule has 0 aliphatic heterocycles. The third-order valence-corrected chi connectivity index (χ3v) is 2.19. The predicted molar refractivity (Wildman–Crippen MR) is 51.5 cm³/mol. The SMILES string of the molecule is NC(=NCCc1ncc[nH]1)C1CC1. The number of amidine groups is 1. The molecular weight excluding hydrogens is 164 g/mol. The Morgan fingerprint density at radius 1 is 1.69 bits per heavy atom. The van der Waals surface area contributed by atoms with Crippen molar-refractivity contribution in [1.29, 1.82) is 0 Å². The van der Waals surface area contributed by atoms with E-state index >= 15 is 0 Å². The van der Waals surface area contributed by atoms with E-state index in [0.29, 0.717) is 5.92 Å². The van der Waals surface area contributed by atoms with Crippen LogP contribution in [-0.4, -0.2) is 22.3 Å².